The molecule has 0 aromatic heterocycles. The largest absolute Gasteiger partial charge is 0.396 e. The third-order valence-electron chi connectivity index (χ3n) is 5.50. The maximum Gasteiger partial charge on any atom is 0.0459 e. The molecule has 110 valence electrons. The zero-order valence-electron chi connectivity index (χ0n) is 12.7. The summed E-state index contributed by atoms with van der Waals surface area (Å²) in [5.41, 5.74) is 0. The Morgan fingerprint density at radius 3 is 2.00 bits per heavy atom. The van der Waals surface area contributed by atoms with Gasteiger partial charge < -0.3 is 5.11 Å². The van der Waals surface area contributed by atoms with E-state index in [0.717, 1.165) is 17.8 Å². The standard InChI is InChI=1S/C18H32O/c1-2-3-4-5-15-6-10-17(11-7-15)18-12-8-16(14-19)9-13-18/h4-5,15-19H,2-3,6-14H2,1H3. The number of allylic oxidation sites excluding steroid dienone is 2. The van der Waals surface area contributed by atoms with Crippen molar-refractivity contribution in [1.29, 1.82) is 0 Å². The van der Waals surface area contributed by atoms with Crippen LogP contribution in [0.1, 0.15) is 71.1 Å². The van der Waals surface area contributed by atoms with Crippen LogP contribution in [-0.4, -0.2) is 11.7 Å². The first-order valence-electron chi connectivity index (χ1n) is 8.61. The topological polar surface area (TPSA) is 20.2 Å². The number of hydrogen-bond acceptors (Lipinski definition) is 1. The molecule has 1 nitrogen and oxygen atoms in total. The fraction of sp³-hybridized carbons (Fsp3) is 0.889. The van der Waals surface area contributed by atoms with Crippen molar-refractivity contribution in [2.75, 3.05) is 6.61 Å². The summed E-state index contributed by atoms with van der Waals surface area (Å²) in [5, 5.41) is 9.22. The molecule has 1 N–H and O–H groups in total. The molecule has 0 aromatic carbocycles. The Morgan fingerprint density at radius 1 is 0.895 bits per heavy atom. The summed E-state index contributed by atoms with van der Waals surface area (Å²) in [7, 11) is 0. The number of unbranched alkanes of at least 4 members (excludes halogenated alkanes) is 1. The molecule has 1 heteroatoms. The fourth-order valence-corrected chi connectivity index (χ4v) is 4.11. The van der Waals surface area contributed by atoms with Crippen LogP contribution in [0.5, 0.6) is 0 Å². The van der Waals surface area contributed by atoms with Gasteiger partial charge in [0.15, 0.2) is 0 Å². The summed E-state index contributed by atoms with van der Waals surface area (Å²) in [6.07, 6.45) is 18.5. The molecule has 0 atom stereocenters. The predicted octanol–water partition coefficient (Wildman–Crippen LogP) is 4.95. The van der Waals surface area contributed by atoms with Gasteiger partial charge in [0.25, 0.3) is 0 Å². The summed E-state index contributed by atoms with van der Waals surface area (Å²) in [5.74, 6) is 3.46. The van der Waals surface area contributed by atoms with Gasteiger partial charge in [-0.15, -0.1) is 0 Å². The first kappa shape index (κ1) is 15.1. The molecule has 0 unspecified atom stereocenters. The molecule has 2 rings (SSSR count). The summed E-state index contributed by atoms with van der Waals surface area (Å²) in [6.45, 7) is 2.67. The second kappa shape index (κ2) is 8.09. The Kier molecular flexibility index (Phi) is 6.43. The Balaban J connectivity index is 1.68. The summed E-state index contributed by atoms with van der Waals surface area (Å²) in [6, 6.07) is 0. The minimum Gasteiger partial charge on any atom is -0.396 e. The van der Waals surface area contributed by atoms with Gasteiger partial charge >= 0.3 is 0 Å². The average molecular weight is 264 g/mol. The van der Waals surface area contributed by atoms with E-state index in [0.29, 0.717) is 12.5 Å². The van der Waals surface area contributed by atoms with Gasteiger partial charge in [0, 0.05) is 6.61 Å². The third-order valence-corrected chi connectivity index (χ3v) is 5.50. The molecule has 0 saturated heterocycles. The van der Waals surface area contributed by atoms with Crippen molar-refractivity contribution < 1.29 is 5.11 Å². The van der Waals surface area contributed by atoms with Crippen LogP contribution in [0.2, 0.25) is 0 Å². The van der Waals surface area contributed by atoms with Crippen LogP contribution < -0.4 is 0 Å². The van der Waals surface area contributed by atoms with E-state index in [4.69, 9.17) is 0 Å². The van der Waals surface area contributed by atoms with Gasteiger partial charge in [-0.05, 0) is 81.5 Å². The van der Waals surface area contributed by atoms with Crippen molar-refractivity contribution in [3.63, 3.8) is 0 Å². The second-order valence-electron chi connectivity index (χ2n) is 6.86. The van der Waals surface area contributed by atoms with Crippen LogP contribution >= 0.6 is 0 Å². The van der Waals surface area contributed by atoms with Crippen LogP contribution in [0.4, 0.5) is 0 Å². The molecule has 0 bridgehead atoms. The Hall–Kier alpha value is -0.300. The third kappa shape index (κ3) is 4.63. The zero-order chi connectivity index (χ0) is 13.5. The van der Waals surface area contributed by atoms with Crippen molar-refractivity contribution in [3.05, 3.63) is 12.2 Å². The SMILES string of the molecule is CCCC=CC1CCC(C2CCC(CO)CC2)CC1. The van der Waals surface area contributed by atoms with E-state index >= 15 is 0 Å². The highest BCUT2D eigenvalue weighted by atomic mass is 16.3. The molecule has 0 aliphatic heterocycles. The highest BCUT2D eigenvalue weighted by Gasteiger charge is 2.29. The molecular formula is C18H32O. The van der Waals surface area contributed by atoms with Crippen molar-refractivity contribution >= 4 is 0 Å². The van der Waals surface area contributed by atoms with Crippen molar-refractivity contribution in [1.82, 2.24) is 0 Å². The zero-order valence-corrected chi connectivity index (χ0v) is 12.7. The number of aliphatic hydroxyl groups excluding tert-OH is 1. The smallest absolute Gasteiger partial charge is 0.0459 e. The summed E-state index contributed by atoms with van der Waals surface area (Å²) >= 11 is 0. The predicted molar refractivity (Wildman–Crippen MR) is 82.0 cm³/mol. The van der Waals surface area contributed by atoms with E-state index in [1.165, 1.54) is 64.2 Å². The van der Waals surface area contributed by atoms with Crippen LogP contribution in [-0.2, 0) is 0 Å². The molecule has 2 aliphatic carbocycles. The summed E-state index contributed by atoms with van der Waals surface area (Å²) in [4.78, 5) is 0. The van der Waals surface area contributed by atoms with Gasteiger partial charge in [0.2, 0.25) is 0 Å². The lowest BCUT2D eigenvalue weighted by molar-refractivity contribution is 0.122. The van der Waals surface area contributed by atoms with Gasteiger partial charge in [0.1, 0.15) is 0 Å². The van der Waals surface area contributed by atoms with Crippen LogP contribution in [0.3, 0.4) is 0 Å². The first-order valence-corrected chi connectivity index (χ1v) is 8.61. The lowest BCUT2D eigenvalue weighted by atomic mass is 9.69. The molecule has 2 saturated carbocycles. The minimum absolute atomic E-state index is 0.418. The molecule has 0 amide bonds. The Bertz CT molecular complexity index is 255. The van der Waals surface area contributed by atoms with E-state index in [9.17, 15) is 5.11 Å². The molecule has 0 spiro atoms. The lowest BCUT2D eigenvalue weighted by Gasteiger charge is -2.37. The van der Waals surface area contributed by atoms with Crippen molar-refractivity contribution in [3.8, 4) is 0 Å². The normalized spacial score (nSPS) is 36.7. The monoisotopic (exact) mass is 264 g/mol. The van der Waals surface area contributed by atoms with Gasteiger partial charge in [0.05, 0.1) is 0 Å². The average Bonchev–Trinajstić information content (AvgIpc) is 2.48. The molecule has 19 heavy (non-hydrogen) atoms. The molecule has 0 heterocycles. The first-order chi connectivity index (χ1) is 9.33. The Morgan fingerprint density at radius 2 is 1.47 bits per heavy atom. The maximum atomic E-state index is 9.22. The number of hydrogen-bond donors (Lipinski definition) is 1. The van der Waals surface area contributed by atoms with E-state index < -0.39 is 0 Å². The van der Waals surface area contributed by atoms with E-state index in [-0.39, 0.29) is 0 Å². The number of aliphatic hydroxyl groups is 1. The highest BCUT2D eigenvalue weighted by Crippen LogP contribution is 2.41. The van der Waals surface area contributed by atoms with Crippen LogP contribution in [0.25, 0.3) is 0 Å². The summed E-state index contributed by atoms with van der Waals surface area (Å²) < 4.78 is 0. The second-order valence-corrected chi connectivity index (χ2v) is 6.86. The highest BCUT2D eigenvalue weighted by molar-refractivity contribution is 4.92. The molecular weight excluding hydrogens is 232 g/mol. The van der Waals surface area contributed by atoms with Crippen LogP contribution in [0, 0.1) is 23.7 Å². The van der Waals surface area contributed by atoms with E-state index in [1.54, 1.807) is 0 Å². The maximum absolute atomic E-state index is 9.22. The minimum atomic E-state index is 0.418. The quantitative estimate of drug-likeness (QED) is 0.697. The van der Waals surface area contributed by atoms with Gasteiger partial charge in [-0.1, -0.05) is 25.5 Å². The Labute approximate surface area is 119 Å². The lowest BCUT2D eigenvalue weighted by Crippen LogP contribution is -2.26. The number of rotatable bonds is 5. The molecule has 2 fully saturated rings. The molecule has 0 aromatic rings. The fourth-order valence-electron chi connectivity index (χ4n) is 4.11. The van der Waals surface area contributed by atoms with Gasteiger partial charge in [-0.3, -0.25) is 0 Å². The van der Waals surface area contributed by atoms with Gasteiger partial charge in [-0.25, -0.2) is 0 Å². The van der Waals surface area contributed by atoms with E-state index in [2.05, 4.69) is 19.1 Å². The van der Waals surface area contributed by atoms with Gasteiger partial charge in [-0.2, -0.15) is 0 Å². The molecule has 2 aliphatic rings. The van der Waals surface area contributed by atoms with Crippen molar-refractivity contribution in [2.24, 2.45) is 23.7 Å². The van der Waals surface area contributed by atoms with Crippen molar-refractivity contribution in [2.45, 2.75) is 71.1 Å². The van der Waals surface area contributed by atoms with E-state index in [1.807, 2.05) is 0 Å². The van der Waals surface area contributed by atoms with Crippen LogP contribution in [0.15, 0.2) is 12.2 Å². The molecule has 0 radical (unpaired) electrons.